The number of fused-ring (bicyclic) bond motifs is 1. The molecule has 90 valence electrons. The molecule has 1 heterocycles. The minimum absolute atomic E-state index is 0.171. The second-order valence-electron chi connectivity index (χ2n) is 4.12. The van der Waals surface area contributed by atoms with E-state index in [9.17, 15) is 4.79 Å². The molecule has 0 aliphatic carbocycles. The lowest BCUT2D eigenvalue weighted by atomic mass is 10.1. The van der Waals surface area contributed by atoms with Crippen LogP contribution in [0.25, 0.3) is 10.9 Å². The summed E-state index contributed by atoms with van der Waals surface area (Å²) in [6, 6.07) is 11.2. The van der Waals surface area contributed by atoms with Crippen molar-refractivity contribution in [3.8, 4) is 6.07 Å². The fourth-order valence-electron chi connectivity index (χ4n) is 1.69. The minimum atomic E-state index is -0.193. The van der Waals surface area contributed by atoms with Crippen LogP contribution in [0.15, 0.2) is 36.5 Å². The molecule has 1 N–H and O–H groups in total. The van der Waals surface area contributed by atoms with Gasteiger partial charge in [0.05, 0.1) is 17.5 Å². The largest absolute Gasteiger partial charge is 0.351 e. The fourth-order valence-corrected chi connectivity index (χ4v) is 1.69. The maximum absolute atomic E-state index is 12.0. The van der Waals surface area contributed by atoms with E-state index < -0.39 is 0 Å². The number of hydrogen-bond donors (Lipinski definition) is 1. The van der Waals surface area contributed by atoms with Crippen molar-refractivity contribution in [2.75, 3.05) is 6.54 Å². The van der Waals surface area contributed by atoms with E-state index >= 15 is 0 Å². The molecule has 0 spiro atoms. The van der Waals surface area contributed by atoms with Gasteiger partial charge < -0.3 is 5.32 Å². The average molecular weight is 239 g/mol. The number of hydrogen-bond acceptors (Lipinski definition) is 3. The zero-order valence-electron chi connectivity index (χ0n) is 10.1. The molecule has 4 heteroatoms. The smallest absolute Gasteiger partial charge is 0.252 e. The van der Waals surface area contributed by atoms with Crippen LogP contribution in [0, 0.1) is 17.2 Å². The minimum Gasteiger partial charge on any atom is -0.351 e. The van der Waals surface area contributed by atoms with Gasteiger partial charge in [-0.3, -0.25) is 9.78 Å². The van der Waals surface area contributed by atoms with E-state index in [4.69, 9.17) is 5.26 Å². The van der Waals surface area contributed by atoms with Gasteiger partial charge in [0.2, 0.25) is 0 Å². The fraction of sp³-hybridized carbons (Fsp3) is 0.214. The standard InChI is InChI=1S/C14H13N3O/c1-10(8-15)9-17-14(18)12-4-2-6-13-11(12)5-3-7-16-13/h2-7,10H,9H2,1H3,(H,17,18). The molecule has 18 heavy (non-hydrogen) atoms. The first-order valence-electron chi connectivity index (χ1n) is 5.74. The number of aromatic nitrogens is 1. The number of pyridine rings is 1. The van der Waals surface area contributed by atoms with E-state index in [-0.39, 0.29) is 11.8 Å². The average Bonchev–Trinajstić information content (AvgIpc) is 2.43. The Balaban J connectivity index is 2.26. The van der Waals surface area contributed by atoms with Crippen LogP contribution in [0.4, 0.5) is 0 Å². The Kier molecular flexibility index (Phi) is 3.54. The first-order valence-corrected chi connectivity index (χ1v) is 5.74. The molecule has 0 aliphatic rings. The van der Waals surface area contributed by atoms with Gasteiger partial charge in [-0.2, -0.15) is 5.26 Å². The monoisotopic (exact) mass is 239 g/mol. The molecule has 1 aromatic carbocycles. The molecule has 0 saturated carbocycles. The summed E-state index contributed by atoms with van der Waals surface area (Å²) in [4.78, 5) is 16.2. The van der Waals surface area contributed by atoms with Crippen molar-refractivity contribution in [2.24, 2.45) is 5.92 Å². The van der Waals surface area contributed by atoms with Crippen molar-refractivity contribution in [3.05, 3.63) is 42.1 Å². The van der Waals surface area contributed by atoms with E-state index in [1.807, 2.05) is 12.1 Å². The molecule has 2 aromatic rings. The molecule has 1 amide bonds. The molecule has 0 aliphatic heterocycles. The molecule has 0 bridgehead atoms. The van der Waals surface area contributed by atoms with Crippen molar-refractivity contribution in [1.82, 2.24) is 10.3 Å². The summed E-state index contributed by atoms with van der Waals surface area (Å²) < 4.78 is 0. The van der Waals surface area contributed by atoms with Crippen LogP contribution in [0.3, 0.4) is 0 Å². The zero-order valence-corrected chi connectivity index (χ0v) is 10.1. The van der Waals surface area contributed by atoms with Crippen LogP contribution < -0.4 is 5.32 Å². The molecular weight excluding hydrogens is 226 g/mol. The molecule has 0 radical (unpaired) electrons. The number of carbonyl (C=O) groups excluding carboxylic acids is 1. The van der Waals surface area contributed by atoms with E-state index in [0.29, 0.717) is 12.1 Å². The van der Waals surface area contributed by atoms with Crippen LogP contribution in [-0.4, -0.2) is 17.4 Å². The first kappa shape index (κ1) is 12.1. The lowest BCUT2D eigenvalue weighted by molar-refractivity contribution is 0.0952. The third-order valence-corrected chi connectivity index (χ3v) is 2.68. The number of rotatable bonds is 3. The maximum Gasteiger partial charge on any atom is 0.252 e. The van der Waals surface area contributed by atoms with Crippen molar-refractivity contribution >= 4 is 16.8 Å². The van der Waals surface area contributed by atoms with E-state index in [1.165, 1.54) is 0 Å². The summed E-state index contributed by atoms with van der Waals surface area (Å²) in [5, 5.41) is 12.3. The predicted molar refractivity (Wildman–Crippen MR) is 68.9 cm³/mol. The third-order valence-electron chi connectivity index (χ3n) is 2.68. The molecule has 4 nitrogen and oxygen atoms in total. The van der Waals surface area contributed by atoms with Gasteiger partial charge in [-0.25, -0.2) is 0 Å². The molecule has 1 aromatic heterocycles. The van der Waals surface area contributed by atoms with Gasteiger partial charge in [0.15, 0.2) is 0 Å². The lowest BCUT2D eigenvalue weighted by Gasteiger charge is -2.08. The van der Waals surface area contributed by atoms with Crippen molar-refractivity contribution in [3.63, 3.8) is 0 Å². The number of nitrogens with one attached hydrogen (secondary N) is 1. The summed E-state index contributed by atoms with van der Waals surface area (Å²) in [5.41, 5.74) is 1.38. The quantitative estimate of drug-likeness (QED) is 0.892. The van der Waals surface area contributed by atoms with Crippen LogP contribution in [-0.2, 0) is 0 Å². The highest BCUT2D eigenvalue weighted by Gasteiger charge is 2.10. The Morgan fingerprint density at radius 3 is 3.06 bits per heavy atom. The van der Waals surface area contributed by atoms with Crippen LogP contribution in [0.5, 0.6) is 0 Å². The van der Waals surface area contributed by atoms with E-state index in [1.54, 1.807) is 31.3 Å². The number of nitrogens with zero attached hydrogens (tertiary/aromatic N) is 2. The van der Waals surface area contributed by atoms with Crippen molar-refractivity contribution in [2.45, 2.75) is 6.92 Å². The van der Waals surface area contributed by atoms with E-state index in [0.717, 1.165) is 10.9 Å². The Hall–Kier alpha value is -2.41. The molecule has 1 unspecified atom stereocenters. The molecule has 0 fully saturated rings. The number of carbonyl (C=O) groups is 1. The first-order chi connectivity index (χ1) is 8.72. The number of benzene rings is 1. The number of amides is 1. The van der Waals surface area contributed by atoms with Crippen LogP contribution in [0.1, 0.15) is 17.3 Å². The Morgan fingerprint density at radius 1 is 1.44 bits per heavy atom. The highest BCUT2D eigenvalue weighted by Crippen LogP contribution is 2.16. The predicted octanol–water partition coefficient (Wildman–Crippen LogP) is 2.12. The van der Waals surface area contributed by atoms with Crippen molar-refractivity contribution in [1.29, 1.82) is 5.26 Å². The SMILES string of the molecule is CC(C#N)CNC(=O)c1cccc2ncccc12. The Bertz CT molecular complexity index is 610. The third kappa shape index (κ3) is 2.46. The molecular formula is C14H13N3O. The zero-order chi connectivity index (χ0) is 13.0. The van der Waals surface area contributed by atoms with Gasteiger partial charge in [0, 0.05) is 23.7 Å². The summed E-state index contributed by atoms with van der Waals surface area (Å²) in [6.07, 6.45) is 1.70. The Morgan fingerprint density at radius 2 is 2.28 bits per heavy atom. The second kappa shape index (κ2) is 5.28. The van der Waals surface area contributed by atoms with Crippen LogP contribution >= 0.6 is 0 Å². The van der Waals surface area contributed by atoms with Gasteiger partial charge in [-0.15, -0.1) is 0 Å². The topological polar surface area (TPSA) is 65.8 Å². The normalized spacial score (nSPS) is 11.8. The highest BCUT2D eigenvalue weighted by atomic mass is 16.1. The second-order valence-corrected chi connectivity index (χ2v) is 4.12. The summed E-state index contributed by atoms with van der Waals surface area (Å²) in [6.45, 7) is 2.12. The molecule has 1 atom stereocenters. The Labute approximate surface area is 105 Å². The highest BCUT2D eigenvalue weighted by molar-refractivity contribution is 6.06. The lowest BCUT2D eigenvalue weighted by Crippen LogP contribution is -2.27. The van der Waals surface area contributed by atoms with Gasteiger partial charge in [-0.1, -0.05) is 12.1 Å². The van der Waals surface area contributed by atoms with Crippen LogP contribution in [0.2, 0.25) is 0 Å². The summed E-state index contributed by atoms with van der Waals surface area (Å²) >= 11 is 0. The van der Waals surface area contributed by atoms with Gasteiger partial charge >= 0.3 is 0 Å². The van der Waals surface area contributed by atoms with Gasteiger partial charge in [0.25, 0.3) is 5.91 Å². The van der Waals surface area contributed by atoms with Crippen molar-refractivity contribution < 1.29 is 4.79 Å². The number of nitriles is 1. The van der Waals surface area contributed by atoms with Gasteiger partial charge in [-0.05, 0) is 25.1 Å². The molecule has 0 saturated heterocycles. The molecule has 2 rings (SSSR count). The summed E-state index contributed by atoms with van der Waals surface area (Å²) in [7, 11) is 0. The van der Waals surface area contributed by atoms with E-state index in [2.05, 4.69) is 16.4 Å². The van der Waals surface area contributed by atoms with Gasteiger partial charge in [0.1, 0.15) is 0 Å². The maximum atomic E-state index is 12.0. The summed E-state index contributed by atoms with van der Waals surface area (Å²) in [5.74, 6) is -0.363.